The van der Waals surface area contributed by atoms with Crippen molar-refractivity contribution in [1.29, 1.82) is 0 Å². The van der Waals surface area contributed by atoms with Gasteiger partial charge in [0, 0.05) is 43.9 Å². The van der Waals surface area contributed by atoms with E-state index in [1.54, 1.807) is 23.4 Å². The Hall–Kier alpha value is -2.33. The molecule has 3 heterocycles. The van der Waals surface area contributed by atoms with E-state index < -0.39 is 10.0 Å². The quantitative estimate of drug-likeness (QED) is 0.744. The summed E-state index contributed by atoms with van der Waals surface area (Å²) in [6.07, 6.45) is 5.44. The van der Waals surface area contributed by atoms with E-state index in [-0.39, 0.29) is 17.6 Å². The van der Waals surface area contributed by atoms with Gasteiger partial charge >= 0.3 is 0 Å². The summed E-state index contributed by atoms with van der Waals surface area (Å²) in [5.41, 5.74) is 0.775. The maximum atomic E-state index is 12.2. The van der Waals surface area contributed by atoms with Gasteiger partial charge in [0.1, 0.15) is 0 Å². The fourth-order valence-corrected chi connectivity index (χ4v) is 3.97. The van der Waals surface area contributed by atoms with E-state index in [0.29, 0.717) is 50.5 Å². The SMILES string of the molecule is NS(=O)(=O)C[C@@H]1CCN(C(=O)CCCc2nc(-c3cccnc3)no2)C1. The van der Waals surface area contributed by atoms with Crippen LogP contribution in [0.15, 0.2) is 29.0 Å². The van der Waals surface area contributed by atoms with Gasteiger partial charge in [-0.25, -0.2) is 13.6 Å². The molecule has 1 atom stereocenters. The van der Waals surface area contributed by atoms with E-state index in [9.17, 15) is 13.2 Å². The fourth-order valence-electron chi connectivity index (χ4n) is 3.04. The highest BCUT2D eigenvalue weighted by Crippen LogP contribution is 2.19. The maximum Gasteiger partial charge on any atom is 0.226 e. The summed E-state index contributed by atoms with van der Waals surface area (Å²) in [4.78, 5) is 22.3. The van der Waals surface area contributed by atoms with E-state index in [4.69, 9.17) is 9.66 Å². The van der Waals surface area contributed by atoms with Crippen molar-refractivity contribution in [1.82, 2.24) is 20.0 Å². The molecule has 1 fully saturated rings. The van der Waals surface area contributed by atoms with Gasteiger partial charge < -0.3 is 9.42 Å². The summed E-state index contributed by atoms with van der Waals surface area (Å²) < 4.78 is 27.5. The summed E-state index contributed by atoms with van der Waals surface area (Å²) in [7, 11) is -3.50. The van der Waals surface area contributed by atoms with E-state index in [1.807, 2.05) is 6.07 Å². The number of hydrogen-bond acceptors (Lipinski definition) is 7. The van der Waals surface area contributed by atoms with Crippen LogP contribution in [0.5, 0.6) is 0 Å². The van der Waals surface area contributed by atoms with Crippen molar-refractivity contribution < 1.29 is 17.7 Å². The van der Waals surface area contributed by atoms with Crippen LogP contribution >= 0.6 is 0 Å². The number of amides is 1. The second-order valence-corrected chi connectivity index (χ2v) is 8.09. The number of hydrogen-bond donors (Lipinski definition) is 1. The predicted octanol–water partition coefficient (Wildman–Crippen LogP) is 0.591. The van der Waals surface area contributed by atoms with E-state index in [1.165, 1.54) is 0 Å². The Morgan fingerprint density at radius 3 is 3.00 bits per heavy atom. The first-order valence-electron chi connectivity index (χ1n) is 8.42. The standard InChI is InChI=1S/C16H21N5O4S/c17-26(23,24)11-12-6-8-21(10-12)15(22)5-1-4-14-19-16(20-25-14)13-3-2-7-18-9-13/h2-3,7,9,12H,1,4-6,8,10-11H2,(H2,17,23,24)/t12-/m1/s1. The molecule has 0 aliphatic carbocycles. The average Bonchev–Trinajstić information content (AvgIpc) is 3.24. The lowest BCUT2D eigenvalue weighted by atomic mass is 10.2. The Morgan fingerprint density at radius 1 is 1.42 bits per heavy atom. The lowest BCUT2D eigenvalue weighted by molar-refractivity contribution is -0.130. The van der Waals surface area contributed by atoms with Gasteiger partial charge in [0.2, 0.25) is 27.6 Å². The summed E-state index contributed by atoms with van der Waals surface area (Å²) >= 11 is 0. The number of primary sulfonamides is 1. The zero-order valence-electron chi connectivity index (χ0n) is 14.2. The van der Waals surface area contributed by atoms with Crippen molar-refractivity contribution in [3.8, 4) is 11.4 Å². The third-order valence-corrected chi connectivity index (χ3v) is 5.21. The van der Waals surface area contributed by atoms with Gasteiger partial charge in [0.05, 0.1) is 5.75 Å². The van der Waals surface area contributed by atoms with Crippen LogP contribution in [0.4, 0.5) is 0 Å². The molecule has 0 radical (unpaired) electrons. The summed E-state index contributed by atoms with van der Waals surface area (Å²) in [5, 5.41) is 8.98. The molecule has 0 saturated carbocycles. The minimum atomic E-state index is -3.50. The molecule has 26 heavy (non-hydrogen) atoms. The zero-order valence-corrected chi connectivity index (χ0v) is 15.1. The first-order chi connectivity index (χ1) is 12.4. The lowest BCUT2D eigenvalue weighted by Crippen LogP contribution is -2.30. The molecular weight excluding hydrogens is 358 g/mol. The van der Waals surface area contributed by atoms with Gasteiger partial charge in [-0.1, -0.05) is 5.16 Å². The van der Waals surface area contributed by atoms with E-state index in [0.717, 1.165) is 5.56 Å². The van der Waals surface area contributed by atoms with Crippen molar-refractivity contribution >= 4 is 15.9 Å². The van der Waals surface area contributed by atoms with Crippen molar-refractivity contribution in [2.24, 2.45) is 11.1 Å². The third-order valence-electron chi connectivity index (χ3n) is 4.28. The molecule has 1 amide bonds. The lowest BCUT2D eigenvalue weighted by Gasteiger charge is -2.16. The topological polar surface area (TPSA) is 132 Å². The summed E-state index contributed by atoms with van der Waals surface area (Å²) in [6, 6.07) is 3.64. The smallest absolute Gasteiger partial charge is 0.226 e. The summed E-state index contributed by atoms with van der Waals surface area (Å²) in [6.45, 7) is 1.02. The molecular formula is C16H21N5O4S. The monoisotopic (exact) mass is 379 g/mol. The third kappa shape index (κ3) is 5.09. The van der Waals surface area contributed by atoms with Crippen molar-refractivity contribution in [2.45, 2.75) is 25.7 Å². The van der Waals surface area contributed by atoms with Crippen LogP contribution in [0.25, 0.3) is 11.4 Å². The Labute approximate surface area is 151 Å². The van der Waals surface area contributed by atoms with Crippen LogP contribution in [0.1, 0.15) is 25.2 Å². The molecule has 2 aromatic rings. The van der Waals surface area contributed by atoms with Gasteiger partial charge in [-0.05, 0) is 30.9 Å². The van der Waals surface area contributed by atoms with E-state index >= 15 is 0 Å². The number of carbonyl (C=O) groups is 1. The fraction of sp³-hybridized carbons (Fsp3) is 0.500. The van der Waals surface area contributed by atoms with Gasteiger partial charge in [-0.3, -0.25) is 9.78 Å². The second-order valence-electron chi connectivity index (χ2n) is 6.43. The van der Waals surface area contributed by atoms with Crippen LogP contribution in [-0.4, -0.2) is 53.2 Å². The molecule has 0 spiro atoms. The molecule has 9 nitrogen and oxygen atoms in total. The Bertz CT molecular complexity index is 853. The average molecular weight is 379 g/mol. The molecule has 2 aromatic heterocycles. The van der Waals surface area contributed by atoms with Crippen LogP contribution in [0.3, 0.4) is 0 Å². The molecule has 3 rings (SSSR count). The number of aryl methyl sites for hydroxylation is 1. The minimum absolute atomic E-state index is 0.00826. The van der Waals surface area contributed by atoms with Crippen molar-refractivity contribution in [3.63, 3.8) is 0 Å². The highest BCUT2D eigenvalue weighted by atomic mass is 32.2. The number of likely N-dealkylation sites (tertiary alicyclic amines) is 1. The van der Waals surface area contributed by atoms with Gasteiger partial charge in [-0.15, -0.1) is 0 Å². The minimum Gasteiger partial charge on any atom is -0.342 e. The molecule has 0 bridgehead atoms. The van der Waals surface area contributed by atoms with Crippen LogP contribution in [-0.2, 0) is 21.2 Å². The molecule has 1 aliphatic rings. The Kier molecular flexibility index (Phi) is 5.62. The molecule has 2 N–H and O–H groups in total. The first-order valence-corrected chi connectivity index (χ1v) is 10.1. The number of aromatic nitrogens is 3. The van der Waals surface area contributed by atoms with E-state index in [2.05, 4.69) is 15.1 Å². The predicted molar refractivity (Wildman–Crippen MR) is 93.1 cm³/mol. The molecule has 140 valence electrons. The largest absolute Gasteiger partial charge is 0.342 e. The number of rotatable bonds is 7. The van der Waals surface area contributed by atoms with Gasteiger partial charge in [0.15, 0.2) is 0 Å². The molecule has 10 heteroatoms. The van der Waals surface area contributed by atoms with Gasteiger partial charge in [0.25, 0.3) is 0 Å². The molecule has 1 saturated heterocycles. The Balaban J connectivity index is 1.44. The number of sulfonamides is 1. The Morgan fingerprint density at radius 2 is 2.27 bits per heavy atom. The second kappa shape index (κ2) is 7.92. The number of carbonyl (C=O) groups excluding carboxylic acids is 1. The first kappa shape index (κ1) is 18.5. The summed E-state index contributed by atoms with van der Waals surface area (Å²) in [5.74, 6) is 0.812. The molecule has 1 aliphatic heterocycles. The van der Waals surface area contributed by atoms with Gasteiger partial charge in [-0.2, -0.15) is 4.98 Å². The van der Waals surface area contributed by atoms with Crippen LogP contribution in [0.2, 0.25) is 0 Å². The molecule has 0 aromatic carbocycles. The van der Waals surface area contributed by atoms with Crippen molar-refractivity contribution in [2.75, 3.05) is 18.8 Å². The van der Waals surface area contributed by atoms with Crippen LogP contribution < -0.4 is 5.14 Å². The maximum absolute atomic E-state index is 12.2. The molecule has 0 unspecified atom stereocenters. The number of nitrogens with two attached hydrogens (primary N) is 1. The number of pyridine rings is 1. The number of nitrogens with zero attached hydrogens (tertiary/aromatic N) is 4. The highest BCUT2D eigenvalue weighted by molar-refractivity contribution is 7.89. The van der Waals surface area contributed by atoms with Crippen LogP contribution in [0, 0.1) is 5.92 Å². The highest BCUT2D eigenvalue weighted by Gasteiger charge is 2.28. The van der Waals surface area contributed by atoms with Crippen molar-refractivity contribution in [3.05, 3.63) is 30.4 Å². The normalized spacial score (nSPS) is 17.6. The zero-order chi connectivity index (χ0) is 18.6.